The standard InChI is InChI=1S/C17H18O4/c1-21-17(20)13-7-8-16(19)15(11-13)14(9-10-18)12-5-3-2-4-6-12/h2-8,11,14,18-19H,9-10H2,1H3/t14-/m1/s1. The van der Waals surface area contributed by atoms with Crippen molar-refractivity contribution in [1.29, 1.82) is 0 Å². The second-order valence-electron chi connectivity index (χ2n) is 4.74. The first-order chi connectivity index (χ1) is 10.2. The average molecular weight is 286 g/mol. The quantitative estimate of drug-likeness (QED) is 0.829. The highest BCUT2D eigenvalue weighted by Gasteiger charge is 2.19. The Hall–Kier alpha value is -2.33. The van der Waals surface area contributed by atoms with Crippen LogP contribution < -0.4 is 0 Å². The molecule has 0 bridgehead atoms. The minimum absolute atomic E-state index is 0.0124. The molecule has 0 aliphatic carbocycles. The Bertz CT molecular complexity index is 607. The number of aromatic hydroxyl groups is 1. The second kappa shape index (κ2) is 6.90. The van der Waals surface area contributed by atoms with Crippen LogP contribution in [0, 0.1) is 0 Å². The number of carbonyl (C=O) groups excluding carboxylic acids is 1. The first-order valence-corrected chi connectivity index (χ1v) is 6.74. The molecule has 0 aliphatic rings. The van der Waals surface area contributed by atoms with Crippen LogP contribution >= 0.6 is 0 Å². The summed E-state index contributed by atoms with van der Waals surface area (Å²) in [5, 5.41) is 19.4. The number of hydrogen-bond acceptors (Lipinski definition) is 4. The molecule has 0 amide bonds. The molecule has 0 aliphatic heterocycles. The van der Waals surface area contributed by atoms with Gasteiger partial charge in [-0.25, -0.2) is 4.79 Å². The van der Waals surface area contributed by atoms with Crippen molar-refractivity contribution in [3.63, 3.8) is 0 Å². The van der Waals surface area contributed by atoms with Crippen molar-refractivity contribution in [3.8, 4) is 5.75 Å². The van der Waals surface area contributed by atoms with Gasteiger partial charge in [0.1, 0.15) is 5.75 Å². The summed E-state index contributed by atoms with van der Waals surface area (Å²) < 4.78 is 4.71. The monoisotopic (exact) mass is 286 g/mol. The summed E-state index contributed by atoms with van der Waals surface area (Å²) in [6, 6.07) is 14.2. The van der Waals surface area contributed by atoms with Crippen molar-refractivity contribution in [2.75, 3.05) is 13.7 Å². The van der Waals surface area contributed by atoms with Gasteiger partial charge >= 0.3 is 5.97 Å². The predicted octanol–water partition coefficient (Wildman–Crippen LogP) is 2.69. The number of aliphatic hydroxyl groups is 1. The van der Waals surface area contributed by atoms with Crippen LogP contribution in [0.2, 0.25) is 0 Å². The Morgan fingerprint density at radius 2 is 1.90 bits per heavy atom. The molecule has 0 unspecified atom stereocenters. The zero-order valence-electron chi connectivity index (χ0n) is 11.8. The fraction of sp³-hybridized carbons (Fsp3) is 0.235. The fourth-order valence-corrected chi connectivity index (χ4v) is 2.39. The Labute approximate surface area is 123 Å². The van der Waals surface area contributed by atoms with Gasteiger partial charge in [-0.2, -0.15) is 0 Å². The fourth-order valence-electron chi connectivity index (χ4n) is 2.39. The summed E-state index contributed by atoms with van der Waals surface area (Å²) >= 11 is 0. The summed E-state index contributed by atoms with van der Waals surface area (Å²) in [6.45, 7) is -0.0124. The van der Waals surface area contributed by atoms with Crippen LogP contribution in [0.3, 0.4) is 0 Å². The molecule has 0 fully saturated rings. The minimum atomic E-state index is -0.452. The van der Waals surface area contributed by atoms with E-state index in [1.54, 1.807) is 6.07 Å². The molecule has 1 atom stereocenters. The Morgan fingerprint density at radius 1 is 1.19 bits per heavy atom. The lowest BCUT2D eigenvalue weighted by atomic mass is 9.87. The SMILES string of the molecule is COC(=O)c1ccc(O)c([C@H](CCO)c2ccccc2)c1. The second-order valence-corrected chi connectivity index (χ2v) is 4.74. The minimum Gasteiger partial charge on any atom is -0.508 e. The maximum absolute atomic E-state index is 11.6. The highest BCUT2D eigenvalue weighted by molar-refractivity contribution is 5.89. The van der Waals surface area contributed by atoms with Gasteiger partial charge < -0.3 is 14.9 Å². The number of phenolic OH excluding ortho intramolecular Hbond substituents is 1. The lowest BCUT2D eigenvalue weighted by Gasteiger charge is -2.19. The Kier molecular flexibility index (Phi) is 4.95. The van der Waals surface area contributed by atoms with E-state index >= 15 is 0 Å². The summed E-state index contributed by atoms with van der Waals surface area (Å²) in [7, 11) is 1.32. The van der Waals surface area contributed by atoms with Crippen molar-refractivity contribution >= 4 is 5.97 Å². The molecular formula is C17H18O4. The highest BCUT2D eigenvalue weighted by atomic mass is 16.5. The van der Waals surface area contributed by atoms with Crippen LogP contribution in [0.4, 0.5) is 0 Å². The van der Waals surface area contributed by atoms with Crippen LogP contribution in [-0.4, -0.2) is 29.9 Å². The molecule has 2 N–H and O–H groups in total. The van der Waals surface area contributed by atoms with Gasteiger partial charge in [0.15, 0.2) is 0 Å². The third-order valence-corrected chi connectivity index (χ3v) is 3.44. The van der Waals surface area contributed by atoms with Crippen molar-refractivity contribution in [2.45, 2.75) is 12.3 Å². The van der Waals surface area contributed by atoms with E-state index in [1.807, 2.05) is 30.3 Å². The topological polar surface area (TPSA) is 66.8 Å². The van der Waals surface area contributed by atoms with E-state index in [1.165, 1.54) is 19.2 Å². The van der Waals surface area contributed by atoms with Crippen LogP contribution in [0.5, 0.6) is 5.75 Å². The Morgan fingerprint density at radius 3 is 2.52 bits per heavy atom. The zero-order valence-corrected chi connectivity index (χ0v) is 11.8. The molecule has 0 saturated heterocycles. The van der Waals surface area contributed by atoms with Gasteiger partial charge in [-0.3, -0.25) is 0 Å². The molecule has 21 heavy (non-hydrogen) atoms. The van der Waals surface area contributed by atoms with Gasteiger partial charge in [0.2, 0.25) is 0 Å². The number of ether oxygens (including phenoxy) is 1. The molecule has 0 saturated carbocycles. The van der Waals surface area contributed by atoms with E-state index in [-0.39, 0.29) is 18.3 Å². The van der Waals surface area contributed by atoms with Gasteiger partial charge in [-0.15, -0.1) is 0 Å². The lowest BCUT2D eigenvalue weighted by Crippen LogP contribution is -2.07. The number of phenols is 1. The third kappa shape index (κ3) is 3.41. The number of hydrogen-bond donors (Lipinski definition) is 2. The van der Waals surface area contributed by atoms with E-state index in [9.17, 15) is 15.0 Å². The van der Waals surface area contributed by atoms with Crippen molar-refractivity contribution < 1.29 is 19.7 Å². The zero-order chi connectivity index (χ0) is 15.2. The normalized spacial score (nSPS) is 11.9. The van der Waals surface area contributed by atoms with E-state index < -0.39 is 5.97 Å². The van der Waals surface area contributed by atoms with E-state index in [2.05, 4.69) is 0 Å². The number of methoxy groups -OCH3 is 1. The van der Waals surface area contributed by atoms with Crippen LogP contribution in [0.1, 0.15) is 33.8 Å². The molecule has 2 aromatic rings. The van der Waals surface area contributed by atoms with Crippen LogP contribution in [-0.2, 0) is 4.74 Å². The molecule has 110 valence electrons. The summed E-state index contributed by atoms with van der Waals surface area (Å²) in [4.78, 5) is 11.6. The molecule has 2 aromatic carbocycles. The van der Waals surface area contributed by atoms with Crippen molar-refractivity contribution in [2.24, 2.45) is 0 Å². The van der Waals surface area contributed by atoms with Crippen molar-refractivity contribution in [1.82, 2.24) is 0 Å². The number of rotatable bonds is 5. The van der Waals surface area contributed by atoms with Gasteiger partial charge in [0.25, 0.3) is 0 Å². The lowest BCUT2D eigenvalue weighted by molar-refractivity contribution is 0.0600. The molecule has 4 nitrogen and oxygen atoms in total. The maximum Gasteiger partial charge on any atom is 0.337 e. The molecular weight excluding hydrogens is 268 g/mol. The maximum atomic E-state index is 11.6. The number of esters is 1. The average Bonchev–Trinajstić information content (AvgIpc) is 2.53. The number of aliphatic hydroxyl groups excluding tert-OH is 1. The molecule has 0 heterocycles. The molecule has 0 spiro atoms. The van der Waals surface area contributed by atoms with E-state index in [4.69, 9.17) is 4.74 Å². The highest BCUT2D eigenvalue weighted by Crippen LogP contribution is 2.34. The van der Waals surface area contributed by atoms with Gasteiger partial charge in [0.05, 0.1) is 12.7 Å². The van der Waals surface area contributed by atoms with E-state index in [0.717, 1.165) is 5.56 Å². The molecule has 2 rings (SSSR count). The smallest absolute Gasteiger partial charge is 0.337 e. The first-order valence-electron chi connectivity index (χ1n) is 6.74. The van der Waals surface area contributed by atoms with Gasteiger partial charge in [-0.05, 0) is 30.2 Å². The van der Waals surface area contributed by atoms with Crippen LogP contribution in [0.25, 0.3) is 0 Å². The Balaban J connectivity index is 2.47. The first kappa shape index (κ1) is 15.1. The summed E-state index contributed by atoms with van der Waals surface area (Å²) in [5.41, 5.74) is 1.96. The largest absolute Gasteiger partial charge is 0.508 e. The van der Waals surface area contributed by atoms with Crippen molar-refractivity contribution in [3.05, 3.63) is 65.2 Å². The third-order valence-electron chi connectivity index (χ3n) is 3.44. The molecule has 0 radical (unpaired) electrons. The molecule has 0 aromatic heterocycles. The van der Waals surface area contributed by atoms with Crippen LogP contribution in [0.15, 0.2) is 48.5 Å². The predicted molar refractivity (Wildman–Crippen MR) is 79.4 cm³/mol. The number of carbonyl (C=O) groups is 1. The summed E-state index contributed by atoms with van der Waals surface area (Å²) in [6.07, 6.45) is 0.461. The summed E-state index contributed by atoms with van der Waals surface area (Å²) in [5.74, 6) is -0.530. The van der Waals surface area contributed by atoms with Gasteiger partial charge in [0, 0.05) is 18.1 Å². The number of benzene rings is 2. The van der Waals surface area contributed by atoms with E-state index in [0.29, 0.717) is 17.5 Å². The molecule has 4 heteroatoms. The van der Waals surface area contributed by atoms with Gasteiger partial charge in [-0.1, -0.05) is 30.3 Å².